The predicted molar refractivity (Wildman–Crippen MR) is 117 cm³/mol. The number of unbranched alkanes of at least 4 members (excludes halogenated alkanes) is 1. The van der Waals surface area contributed by atoms with E-state index in [1.54, 1.807) is 0 Å². The molecule has 0 aliphatic heterocycles. The number of hydrogen-bond acceptors (Lipinski definition) is 1. The van der Waals surface area contributed by atoms with Crippen LogP contribution in [-0.2, 0) is 11.2 Å². The van der Waals surface area contributed by atoms with Crippen LogP contribution in [0.5, 0.6) is 0 Å². The molecule has 1 rings (SSSR count). The molecule has 2 atom stereocenters. The summed E-state index contributed by atoms with van der Waals surface area (Å²) in [6.07, 6.45) is 9.97. The highest BCUT2D eigenvalue weighted by atomic mass is 16.5. The van der Waals surface area contributed by atoms with E-state index in [4.69, 9.17) is 4.74 Å². The fourth-order valence-electron chi connectivity index (χ4n) is 3.85. The van der Waals surface area contributed by atoms with Crippen LogP contribution in [0.15, 0.2) is 30.8 Å². The van der Waals surface area contributed by atoms with Crippen molar-refractivity contribution in [1.82, 2.24) is 0 Å². The summed E-state index contributed by atoms with van der Waals surface area (Å²) < 4.78 is 5.58. The highest BCUT2D eigenvalue weighted by Crippen LogP contribution is 2.29. The lowest BCUT2D eigenvalue weighted by molar-refractivity contribution is 0.135. The van der Waals surface area contributed by atoms with Crippen molar-refractivity contribution in [3.05, 3.63) is 42.0 Å². The molecule has 0 aliphatic rings. The average molecular weight is 359 g/mol. The Labute approximate surface area is 163 Å². The number of benzene rings is 1. The van der Waals surface area contributed by atoms with E-state index in [-0.39, 0.29) is 0 Å². The largest absolute Gasteiger partial charge is 0.384 e. The third-order valence-corrected chi connectivity index (χ3v) is 5.54. The van der Waals surface area contributed by atoms with E-state index < -0.39 is 0 Å². The third-order valence-electron chi connectivity index (χ3n) is 5.54. The second-order valence-corrected chi connectivity index (χ2v) is 8.37. The zero-order chi connectivity index (χ0) is 19.4. The molecule has 0 radical (unpaired) electrons. The van der Waals surface area contributed by atoms with Crippen molar-refractivity contribution >= 4 is 5.57 Å². The lowest BCUT2D eigenvalue weighted by atomic mass is 9.84. The summed E-state index contributed by atoms with van der Waals surface area (Å²) in [6.45, 7) is 14.5. The summed E-state index contributed by atoms with van der Waals surface area (Å²) in [5.41, 5.74) is 4.12. The molecule has 1 aromatic carbocycles. The first-order valence-electron chi connectivity index (χ1n) is 10.8. The SMILES string of the molecule is C=C(CCC(C)C)c1ccccc1CC(COC)CC(CC)CCCC. The molecule has 0 spiro atoms. The monoisotopic (exact) mass is 358 g/mol. The summed E-state index contributed by atoms with van der Waals surface area (Å²) in [4.78, 5) is 0. The average Bonchev–Trinajstić information content (AvgIpc) is 2.63. The number of methoxy groups -OCH3 is 1. The molecule has 2 unspecified atom stereocenters. The van der Waals surface area contributed by atoms with Crippen LogP contribution in [0.4, 0.5) is 0 Å². The smallest absolute Gasteiger partial charge is 0.0493 e. The van der Waals surface area contributed by atoms with E-state index in [1.165, 1.54) is 55.2 Å². The van der Waals surface area contributed by atoms with Gasteiger partial charge in [0.15, 0.2) is 0 Å². The maximum atomic E-state index is 5.58. The van der Waals surface area contributed by atoms with E-state index >= 15 is 0 Å². The molecule has 0 saturated carbocycles. The molecule has 0 aliphatic carbocycles. The van der Waals surface area contributed by atoms with Crippen molar-refractivity contribution < 1.29 is 4.74 Å². The van der Waals surface area contributed by atoms with E-state index in [0.717, 1.165) is 31.3 Å². The summed E-state index contributed by atoms with van der Waals surface area (Å²) in [6, 6.07) is 8.88. The van der Waals surface area contributed by atoms with Gasteiger partial charge in [-0.1, -0.05) is 84.2 Å². The van der Waals surface area contributed by atoms with Crippen molar-refractivity contribution in [2.75, 3.05) is 13.7 Å². The van der Waals surface area contributed by atoms with Crippen LogP contribution in [0, 0.1) is 17.8 Å². The summed E-state index contributed by atoms with van der Waals surface area (Å²) in [5.74, 6) is 2.15. The van der Waals surface area contributed by atoms with E-state index in [0.29, 0.717) is 5.92 Å². The van der Waals surface area contributed by atoms with E-state index in [9.17, 15) is 0 Å². The summed E-state index contributed by atoms with van der Waals surface area (Å²) >= 11 is 0. The lowest BCUT2D eigenvalue weighted by Gasteiger charge is -2.24. The minimum atomic E-state index is 0.598. The quantitative estimate of drug-likeness (QED) is 0.333. The van der Waals surface area contributed by atoms with Gasteiger partial charge in [-0.05, 0) is 60.1 Å². The molecular weight excluding hydrogens is 316 g/mol. The lowest BCUT2D eigenvalue weighted by Crippen LogP contribution is -2.17. The Morgan fingerprint density at radius 3 is 2.42 bits per heavy atom. The minimum absolute atomic E-state index is 0.598. The number of allylic oxidation sites excluding steroid dienone is 1. The van der Waals surface area contributed by atoms with Crippen LogP contribution in [0.3, 0.4) is 0 Å². The zero-order valence-corrected chi connectivity index (χ0v) is 18.0. The molecule has 0 bridgehead atoms. The van der Waals surface area contributed by atoms with Gasteiger partial charge in [-0.2, -0.15) is 0 Å². The summed E-state index contributed by atoms with van der Waals surface area (Å²) in [7, 11) is 1.84. The van der Waals surface area contributed by atoms with Gasteiger partial charge in [0.2, 0.25) is 0 Å². The Morgan fingerprint density at radius 1 is 1.08 bits per heavy atom. The number of rotatable bonds is 14. The van der Waals surface area contributed by atoms with Crippen molar-refractivity contribution in [3.63, 3.8) is 0 Å². The standard InChI is InChI=1S/C25H42O/c1-7-9-12-22(8-2)17-23(19-26-6)18-24-13-10-11-14-25(24)21(5)16-15-20(3)4/h10-11,13-14,20,22-23H,5,7-9,12,15-19H2,1-4,6H3. The van der Waals surface area contributed by atoms with E-state index in [2.05, 4.69) is 58.5 Å². The van der Waals surface area contributed by atoms with Crippen LogP contribution >= 0.6 is 0 Å². The van der Waals surface area contributed by atoms with Crippen molar-refractivity contribution in [1.29, 1.82) is 0 Å². The molecule has 0 amide bonds. The maximum absolute atomic E-state index is 5.58. The van der Waals surface area contributed by atoms with Crippen LogP contribution < -0.4 is 0 Å². The van der Waals surface area contributed by atoms with Crippen LogP contribution in [0.2, 0.25) is 0 Å². The fourth-order valence-corrected chi connectivity index (χ4v) is 3.85. The summed E-state index contributed by atoms with van der Waals surface area (Å²) in [5, 5.41) is 0. The van der Waals surface area contributed by atoms with Crippen molar-refractivity contribution in [3.8, 4) is 0 Å². The second-order valence-electron chi connectivity index (χ2n) is 8.37. The van der Waals surface area contributed by atoms with Gasteiger partial charge >= 0.3 is 0 Å². The van der Waals surface area contributed by atoms with Crippen LogP contribution in [0.1, 0.15) is 83.8 Å². The fraction of sp³-hybridized carbons (Fsp3) is 0.680. The van der Waals surface area contributed by atoms with Crippen LogP contribution in [0.25, 0.3) is 5.57 Å². The van der Waals surface area contributed by atoms with Gasteiger partial charge in [-0.3, -0.25) is 0 Å². The Kier molecular flexibility index (Phi) is 11.6. The highest BCUT2D eigenvalue weighted by molar-refractivity contribution is 5.66. The zero-order valence-electron chi connectivity index (χ0n) is 18.0. The molecule has 0 saturated heterocycles. The first kappa shape index (κ1) is 23.0. The number of hydrogen-bond donors (Lipinski definition) is 0. The van der Waals surface area contributed by atoms with Crippen LogP contribution in [-0.4, -0.2) is 13.7 Å². The molecule has 0 aromatic heterocycles. The maximum Gasteiger partial charge on any atom is 0.0493 e. The molecule has 148 valence electrons. The van der Waals surface area contributed by atoms with Gasteiger partial charge in [-0.25, -0.2) is 0 Å². The van der Waals surface area contributed by atoms with Crippen molar-refractivity contribution in [2.24, 2.45) is 17.8 Å². The second kappa shape index (κ2) is 13.1. The molecule has 1 nitrogen and oxygen atoms in total. The van der Waals surface area contributed by atoms with Crippen molar-refractivity contribution in [2.45, 2.75) is 79.1 Å². The Bertz CT molecular complexity index is 503. The van der Waals surface area contributed by atoms with Gasteiger partial charge in [0.05, 0.1) is 0 Å². The molecule has 1 aromatic rings. The molecule has 0 N–H and O–H groups in total. The molecule has 26 heavy (non-hydrogen) atoms. The first-order valence-corrected chi connectivity index (χ1v) is 10.8. The number of ether oxygens (including phenoxy) is 1. The Balaban J connectivity index is 2.82. The van der Waals surface area contributed by atoms with Gasteiger partial charge in [-0.15, -0.1) is 0 Å². The molecular formula is C25H42O. The molecule has 0 heterocycles. The molecule has 1 heteroatoms. The first-order chi connectivity index (χ1) is 12.5. The van der Waals surface area contributed by atoms with E-state index in [1.807, 2.05) is 7.11 Å². The van der Waals surface area contributed by atoms with Gasteiger partial charge < -0.3 is 4.74 Å². The van der Waals surface area contributed by atoms with Gasteiger partial charge in [0.25, 0.3) is 0 Å². The van der Waals surface area contributed by atoms with Gasteiger partial charge in [0.1, 0.15) is 0 Å². The Morgan fingerprint density at radius 2 is 1.81 bits per heavy atom. The topological polar surface area (TPSA) is 9.23 Å². The normalized spacial score (nSPS) is 13.8. The Hall–Kier alpha value is -1.08. The third kappa shape index (κ3) is 8.54. The highest BCUT2D eigenvalue weighted by Gasteiger charge is 2.18. The predicted octanol–water partition coefficient (Wildman–Crippen LogP) is 7.55. The minimum Gasteiger partial charge on any atom is -0.384 e. The molecule has 0 fully saturated rings. The van der Waals surface area contributed by atoms with Gasteiger partial charge in [0, 0.05) is 13.7 Å².